The van der Waals surface area contributed by atoms with Crippen LogP contribution in [0, 0.1) is 0 Å². The first kappa shape index (κ1) is 18.6. The standard InChI is InChI=1S/C25H27NO2/c27-23-11-9-21(10-12-23)25-6-2-1-5-22(25)19-20-7-13-24(14-8-20)28-18-17-26-15-3-4-16-26/h1-2,5-14,27H,3-4,15-19H2. The van der Waals surface area contributed by atoms with E-state index in [1.54, 1.807) is 12.1 Å². The van der Waals surface area contributed by atoms with Crippen molar-refractivity contribution in [3.63, 3.8) is 0 Å². The average molecular weight is 373 g/mol. The van der Waals surface area contributed by atoms with Crippen molar-refractivity contribution < 1.29 is 9.84 Å². The fraction of sp³-hybridized carbons (Fsp3) is 0.280. The lowest BCUT2D eigenvalue weighted by Gasteiger charge is -2.15. The molecule has 28 heavy (non-hydrogen) atoms. The molecule has 1 fully saturated rings. The van der Waals surface area contributed by atoms with Gasteiger partial charge in [-0.25, -0.2) is 0 Å². The topological polar surface area (TPSA) is 32.7 Å². The van der Waals surface area contributed by atoms with Crippen LogP contribution in [0.3, 0.4) is 0 Å². The minimum Gasteiger partial charge on any atom is -0.508 e. The summed E-state index contributed by atoms with van der Waals surface area (Å²) in [5, 5.41) is 9.54. The summed E-state index contributed by atoms with van der Waals surface area (Å²) in [5.41, 5.74) is 4.86. The fourth-order valence-electron chi connectivity index (χ4n) is 3.82. The molecule has 0 spiro atoms. The van der Waals surface area contributed by atoms with Crippen LogP contribution in [0.5, 0.6) is 11.5 Å². The van der Waals surface area contributed by atoms with Gasteiger partial charge in [0.05, 0.1) is 0 Å². The Morgan fingerprint density at radius 2 is 1.54 bits per heavy atom. The van der Waals surface area contributed by atoms with E-state index in [4.69, 9.17) is 4.74 Å². The number of likely N-dealkylation sites (tertiary alicyclic amines) is 1. The van der Waals surface area contributed by atoms with Crippen LogP contribution in [-0.2, 0) is 6.42 Å². The van der Waals surface area contributed by atoms with E-state index >= 15 is 0 Å². The van der Waals surface area contributed by atoms with Crippen molar-refractivity contribution in [2.75, 3.05) is 26.2 Å². The Bertz CT molecular complexity index is 881. The zero-order valence-corrected chi connectivity index (χ0v) is 16.2. The molecule has 0 atom stereocenters. The van der Waals surface area contributed by atoms with Crippen molar-refractivity contribution in [2.24, 2.45) is 0 Å². The van der Waals surface area contributed by atoms with Crippen molar-refractivity contribution in [2.45, 2.75) is 19.3 Å². The lowest BCUT2D eigenvalue weighted by molar-refractivity contribution is 0.238. The summed E-state index contributed by atoms with van der Waals surface area (Å²) in [5.74, 6) is 1.23. The van der Waals surface area contributed by atoms with Crippen molar-refractivity contribution >= 4 is 0 Å². The minimum atomic E-state index is 0.293. The molecular formula is C25H27NO2. The third-order valence-electron chi connectivity index (χ3n) is 5.39. The molecule has 1 heterocycles. The number of nitrogens with zero attached hydrogens (tertiary/aromatic N) is 1. The van der Waals surface area contributed by atoms with Gasteiger partial charge >= 0.3 is 0 Å². The summed E-state index contributed by atoms with van der Waals surface area (Å²) in [6.07, 6.45) is 3.51. The molecule has 0 aliphatic carbocycles. The number of aromatic hydroxyl groups is 1. The Hall–Kier alpha value is -2.78. The van der Waals surface area contributed by atoms with Crippen molar-refractivity contribution in [3.8, 4) is 22.6 Å². The van der Waals surface area contributed by atoms with E-state index in [1.807, 2.05) is 12.1 Å². The second-order valence-electron chi connectivity index (χ2n) is 7.42. The summed E-state index contributed by atoms with van der Waals surface area (Å²) in [7, 11) is 0. The SMILES string of the molecule is Oc1ccc(-c2ccccc2Cc2ccc(OCCN3CCCC3)cc2)cc1. The van der Waals surface area contributed by atoms with E-state index in [1.165, 1.54) is 42.6 Å². The number of ether oxygens (including phenoxy) is 1. The van der Waals surface area contributed by atoms with Crippen LogP contribution in [0.4, 0.5) is 0 Å². The smallest absolute Gasteiger partial charge is 0.119 e. The van der Waals surface area contributed by atoms with Crippen LogP contribution in [0.15, 0.2) is 72.8 Å². The normalized spacial score (nSPS) is 14.3. The first-order valence-corrected chi connectivity index (χ1v) is 10.1. The molecule has 1 aliphatic heterocycles. The minimum absolute atomic E-state index is 0.293. The molecule has 0 radical (unpaired) electrons. The molecule has 144 valence electrons. The third-order valence-corrected chi connectivity index (χ3v) is 5.39. The molecule has 3 aromatic rings. The van der Waals surface area contributed by atoms with Gasteiger partial charge in [-0.05, 0) is 78.9 Å². The quantitative estimate of drug-likeness (QED) is 0.624. The maximum Gasteiger partial charge on any atom is 0.119 e. The van der Waals surface area contributed by atoms with Gasteiger partial charge in [-0.2, -0.15) is 0 Å². The number of hydrogen-bond donors (Lipinski definition) is 1. The van der Waals surface area contributed by atoms with Crippen molar-refractivity contribution in [1.82, 2.24) is 4.90 Å². The molecule has 0 bridgehead atoms. The maximum absolute atomic E-state index is 9.54. The van der Waals surface area contributed by atoms with Gasteiger partial charge in [-0.15, -0.1) is 0 Å². The van der Waals surface area contributed by atoms with E-state index in [-0.39, 0.29) is 0 Å². The summed E-state index contributed by atoms with van der Waals surface area (Å²) < 4.78 is 5.91. The van der Waals surface area contributed by atoms with Crippen LogP contribution < -0.4 is 4.74 Å². The van der Waals surface area contributed by atoms with Gasteiger partial charge in [-0.1, -0.05) is 48.5 Å². The molecule has 1 aliphatic rings. The Kier molecular flexibility index (Phi) is 5.93. The highest BCUT2D eigenvalue weighted by Crippen LogP contribution is 2.27. The second kappa shape index (κ2) is 8.94. The number of rotatable bonds is 7. The average Bonchev–Trinajstić information content (AvgIpc) is 3.24. The van der Waals surface area contributed by atoms with Crippen molar-refractivity contribution in [3.05, 3.63) is 83.9 Å². The lowest BCUT2D eigenvalue weighted by atomic mass is 9.95. The summed E-state index contributed by atoms with van der Waals surface area (Å²) >= 11 is 0. The van der Waals surface area contributed by atoms with Gasteiger partial charge in [0.25, 0.3) is 0 Å². The van der Waals surface area contributed by atoms with Gasteiger partial charge < -0.3 is 9.84 Å². The highest BCUT2D eigenvalue weighted by atomic mass is 16.5. The summed E-state index contributed by atoms with van der Waals surface area (Å²) in [6.45, 7) is 4.19. The van der Waals surface area contributed by atoms with E-state index in [0.717, 1.165) is 30.9 Å². The van der Waals surface area contributed by atoms with Gasteiger partial charge in [0, 0.05) is 6.54 Å². The maximum atomic E-state index is 9.54. The molecule has 1 N–H and O–H groups in total. The van der Waals surface area contributed by atoms with Gasteiger partial charge in [0.2, 0.25) is 0 Å². The van der Waals surface area contributed by atoms with Crippen LogP contribution in [0.2, 0.25) is 0 Å². The van der Waals surface area contributed by atoms with E-state index in [2.05, 4.69) is 53.4 Å². The summed E-state index contributed by atoms with van der Waals surface area (Å²) in [6, 6.07) is 24.3. The number of benzene rings is 3. The van der Waals surface area contributed by atoms with Crippen molar-refractivity contribution in [1.29, 1.82) is 0 Å². The molecule has 3 heteroatoms. The lowest BCUT2D eigenvalue weighted by Crippen LogP contribution is -2.25. The number of hydrogen-bond acceptors (Lipinski definition) is 3. The van der Waals surface area contributed by atoms with E-state index < -0.39 is 0 Å². The number of phenolic OH excluding ortho intramolecular Hbond substituents is 1. The van der Waals surface area contributed by atoms with Crippen LogP contribution >= 0.6 is 0 Å². The molecule has 0 amide bonds. The molecule has 0 aromatic heterocycles. The fourth-order valence-corrected chi connectivity index (χ4v) is 3.82. The van der Waals surface area contributed by atoms with Crippen LogP contribution in [-0.4, -0.2) is 36.2 Å². The Labute approximate surface area is 167 Å². The highest BCUT2D eigenvalue weighted by Gasteiger charge is 2.11. The van der Waals surface area contributed by atoms with Gasteiger partial charge in [0.15, 0.2) is 0 Å². The second-order valence-corrected chi connectivity index (χ2v) is 7.42. The van der Waals surface area contributed by atoms with Gasteiger partial charge in [0.1, 0.15) is 18.1 Å². The molecule has 0 saturated carbocycles. The molecule has 3 nitrogen and oxygen atoms in total. The zero-order valence-electron chi connectivity index (χ0n) is 16.2. The summed E-state index contributed by atoms with van der Waals surface area (Å²) in [4.78, 5) is 2.47. The first-order chi connectivity index (χ1) is 13.8. The molecule has 1 saturated heterocycles. The van der Waals surface area contributed by atoms with Gasteiger partial charge in [-0.3, -0.25) is 4.90 Å². The largest absolute Gasteiger partial charge is 0.508 e. The highest BCUT2D eigenvalue weighted by molar-refractivity contribution is 5.68. The predicted molar refractivity (Wildman–Crippen MR) is 114 cm³/mol. The van der Waals surface area contributed by atoms with E-state index in [0.29, 0.717) is 5.75 Å². The van der Waals surface area contributed by atoms with Crippen LogP contribution in [0.25, 0.3) is 11.1 Å². The Balaban J connectivity index is 1.40. The molecule has 3 aromatic carbocycles. The zero-order chi connectivity index (χ0) is 19.2. The first-order valence-electron chi connectivity index (χ1n) is 10.1. The molecule has 4 rings (SSSR count). The monoisotopic (exact) mass is 373 g/mol. The Morgan fingerprint density at radius 3 is 2.29 bits per heavy atom. The van der Waals surface area contributed by atoms with Crippen LogP contribution in [0.1, 0.15) is 24.0 Å². The predicted octanol–water partition coefficient (Wildman–Crippen LogP) is 5.12. The molecule has 0 unspecified atom stereocenters. The molecular weight excluding hydrogens is 346 g/mol. The Morgan fingerprint density at radius 1 is 0.821 bits per heavy atom. The van der Waals surface area contributed by atoms with E-state index in [9.17, 15) is 5.11 Å². The number of phenols is 1. The third kappa shape index (κ3) is 4.73.